The number of nitrogens with two attached hydrogens (primary N) is 1. The Balaban J connectivity index is 0.00000180. The van der Waals surface area contributed by atoms with Crippen LogP contribution in [0.15, 0.2) is 35.1 Å². The van der Waals surface area contributed by atoms with E-state index in [9.17, 15) is 14.4 Å². The van der Waals surface area contributed by atoms with Crippen LogP contribution in [0.5, 0.6) is 0 Å². The van der Waals surface area contributed by atoms with Crippen LogP contribution in [0.25, 0.3) is 10.9 Å². The molecule has 0 amide bonds. The number of carbonyl (C=O) groups is 2. The van der Waals surface area contributed by atoms with Crippen LogP contribution in [0.2, 0.25) is 0 Å². The molecular formula is C12H11ClN2O4. The van der Waals surface area contributed by atoms with E-state index in [-0.39, 0.29) is 18.0 Å². The lowest BCUT2D eigenvalue weighted by Gasteiger charge is -2.08. The number of aromatic nitrogens is 1. The number of carboxylic acid groups (broad SMARTS) is 1. The highest BCUT2D eigenvalue weighted by Gasteiger charge is 2.24. The molecule has 1 aromatic heterocycles. The summed E-state index contributed by atoms with van der Waals surface area (Å²) in [4.78, 5) is 36.6. The molecule has 0 saturated heterocycles. The lowest BCUT2D eigenvalue weighted by Crippen LogP contribution is -2.39. The molecule has 0 saturated carbocycles. The van der Waals surface area contributed by atoms with Crippen LogP contribution in [0.3, 0.4) is 0 Å². The van der Waals surface area contributed by atoms with Crippen molar-refractivity contribution < 1.29 is 14.7 Å². The van der Waals surface area contributed by atoms with Gasteiger partial charge < -0.3 is 15.8 Å². The summed E-state index contributed by atoms with van der Waals surface area (Å²) >= 11 is 0. The minimum absolute atomic E-state index is 0. The van der Waals surface area contributed by atoms with E-state index >= 15 is 0 Å². The Morgan fingerprint density at radius 1 is 1.26 bits per heavy atom. The number of para-hydroxylation sites is 1. The van der Waals surface area contributed by atoms with Gasteiger partial charge >= 0.3 is 5.97 Å². The van der Waals surface area contributed by atoms with Gasteiger partial charge in [0.1, 0.15) is 0 Å². The Labute approximate surface area is 113 Å². The van der Waals surface area contributed by atoms with Gasteiger partial charge in [0.25, 0.3) is 0 Å². The number of benzene rings is 1. The molecule has 0 aliphatic carbocycles. The number of H-pyrrole nitrogens is 1. The van der Waals surface area contributed by atoms with Gasteiger partial charge in [-0.1, -0.05) is 18.2 Å². The summed E-state index contributed by atoms with van der Waals surface area (Å²) in [5, 5.41) is 9.19. The number of Topliss-reactive ketones (excluding diaryl/α,β-unsaturated/α-hetero) is 1. The van der Waals surface area contributed by atoms with Crippen LogP contribution < -0.4 is 11.3 Å². The van der Waals surface area contributed by atoms with E-state index in [0.29, 0.717) is 10.9 Å². The summed E-state index contributed by atoms with van der Waals surface area (Å²) in [6.45, 7) is 0. The zero-order valence-electron chi connectivity index (χ0n) is 9.62. The summed E-state index contributed by atoms with van der Waals surface area (Å²) in [6.07, 6.45) is 0. The number of carbonyl (C=O) groups excluding carboxylic acids is 1. The average molecular weight is 283 g/mol. The number of rotatable bonds is 3. The molecule has 19 heavy (non-hydrogen) atoms. The SMILES string of the molecule is Cl.NC(C(=O)O)C(=O)c1cc(=O)[nH]c2ccccc12. The van der Waals surface area contributed by atoms with Crippen molar-refractivity contribution in [2.24, 2.45) is 5.73 Å². The third kappa shape index (κ3) is 2.81. The van der Waals surface area contributed by atoms with Crippen LogP contribution in [0.1, 0.15) is 10.4 Å². The van der Waals surface area contributed by atoms with Crippen molar-refractivity contribution in [2.45, 2.75) is 6.04 Å². The molecule has 2 aromatic rings. The lowest BCUT2D eigenvalue weighted by atomic mass is 10.0. The minimum Gasteiger partial charge on any atom is -0.480 e. The molecule has 6 nitrogen and oxygen atoms in total. The number of hydrogen-bond acceptors (Lipinski definition) is 4. The fraction of sp³-hybridized carbons (Fsp3) is 0.0833. The molecular weight excluding hydrogens is 272 g/mol. The molecule has 2 rings (SSSR count). The normalized spacial score (nSPS) is 11.6. The van der Waals surface area contributed by atoms with E-state index in [4.69, 9.17) is 10.8 Å². The van der Waals surface area contributed by atoms with Crippen molar-refractivity contribution in [2.75, 3.05) is 0 Å². The maximum atomic E-state index is 11.9. The van der Waals surface area contributed by atoms with Gasteiger partial charge in [-0.15, -0.1) is 12.4 Å². The van der Waals surface area contributed by atoms with E-state index in [1.807, 2.05) is 0 Å². The molecule has 0 fully saturated rings. The Bertz CT molecular complexity index is 695. The van der Waals surface area contributed by atoms with Gasteiger partial charge in [-0.3, -0.25) is 14.4 Å². The van der Waals surface area contributed by atoms with Crippen molar-refractivity contribution in [3.63, 3.8) is 0 Å². The Morgan fingerprint density at radius 2 is 1.89 bits per heavy atom. The van der Waals surface area contributed by atoms with Crippen LogP contribution in [-0.2, 0) is 4.79 Å². The fourth-order valence-corrected chi connectivity index (χ4v) is 1.69. The highest BCUT2D eigenvalue weighted by atomic mass is 35.5. The molecule has 1 heterocycles. The summed E-state index contributed by atoms with van der Waals surface area (Å²) in [6, 6.07) is 6.02. The molecule has 0 bridgehead atoms. The van der Waals surface area contributed by atoms with Crippen LogP contribution in [0, 0.1) is 0 Å². The molecule has 1 aromatic carbocycles. The quantitative estimate of drug-likeness (QED) is 0.562. The van der Waals surface area contributed by atoms with Crippen LogP contribution in [-0.4, -0.2) is 27.9 Å². The van der Waals surface area contributed by atoms with Crippen molar-refractivity contribution in [1.29, 1.82) is 0 Å². The first-order valence-electron chi connectivity index (χ1n) is 5.15. The summed E-state index contributed by atoms with van der Waals surface area (Å²) in [7, 11) is 0. The minimum atomic E-state index is -1.67. The topological polar surface area (TPSA) is 113 Å². The van der Waals surface area contributed by atoms with E-state index < -0.39 is 23.4 Å². The molecule has 0 aliphatic heterocycles. The monoisotopic (exact) mass is 282 g/mol. The molecule has 0 aliphatic rings. The molecule has 0 spiro atoms. The number of halogens is 1. The zero-order valence-corrected chi connectivity index (χ0v) is 10.4. The first-order valence-corrected chi connectivity index (χ1v) is 5.15. The van der Waals surface area contributed by atoms with Gasteiger partial charge in [0, 0.05) is 22.5 Å². The van der Waals surface area contributed by atoms with Gasteiger partial charge in [-0.05, 0) is 6.07 Å². The summed E-state index contributed by atoms with van der Waals surface area (Å²) in [5.41, 5.74) is 5.28. The number of aliphatic carboxylic acids is 1. The highest BCUT2D eigenvalue weighted by Crippen LogP contribution is 2.15. The summed E-state index contributed by atoms with van der Waals surface area (Å²) < 4.78 is 0. The third-order valence-corrected chi connectivity index (χ3v) is 2.56. The third-order valence-electron chi connectivity index (χ3n) is 2.56. The second-order valence-electron chi connectivity index (χ2n) is 3.77. The van der Waals surface area contributed by atoms with Crippen molar-refractivity contribution >= 4 is 35.1 Å². The second-order valence-corrected chi connectivity index (χ2v) is 3.77. The maximum absolute atomic E-state index is 11.9. The van der Waals surface area contributed by atoms with E-state index in [1.165, 1.54) is 0 Å². The van der Waals surface area contributed by atoms with E-state index in [1.54, 1.807) is 24.3 Å². The number of nitrogens with one attached hydrogen (secondary N) is 1. The largest absolute Gasteiger partial charge is 0.480 e. The Kier molecular flexibility index (Phi) is 4.42. The van der Waals surface area contributed by atoms with Crippen molar-refractivity contribution in [3.05, 3.63) is 46.2 Å². The molecule has 0 radical (unpaired) electrons. The molecule has 100 valence electrons. The van der Waals surface area contributed by atoms with Gasteiger partial charge in [0.15, 0.2) is 11.8 Å². The van der Waals surface area contributed by atoms with Crippen LogP contribution >= 0.6 is 12.4 Å². The van der Waals surface area contributed by atoms with Crippen LogP contribution in [0.4, 0.5) is 0 Å². The molecule has 1 unspecified atom stereocenters. The predicted octanol–water partition coefficient (Wildman–Crippen LogP) is 0.544. The van der Waals surface area contributed by atoms with Gasteiger partial charge in [0.2, 0.25) is 5.56 Å². The number of hydrogen-bond donors (Lipinski definition) is 3. The standard InChI is InChI=1S/C12H10N2O4.ClH/c13-10(12(17)18)11(16)7-5-9(15)14-8-4-2-1-3-6(7)8;/h1-5,10H,13H2,(H,14,15)(H,17,18);1H. The summed E-state index contributed by atoms with van der Waals surface area (Å²) in [5.74, 6) is -2.21. The Hall–Kier alpha value is -2.18. The van der Waals surface area contributed by atoms with E-state index in [2.05, 4.69) is 4.98 Å². The highest BCUT2D eigenvalue weighted by molar-refractivity contribution is 6.16. The first-order chi connectivity index (χ1) is 8.50. The number of fused-ring (bicyclic) bond motifs is 1. The average Bonchev–Trinajstić information content (AvgIpc) is 2.35. The van der Waals surface area contributed by atoms with Gasteiger partial charge in [-0.2, -0.15) is 0 Å². The predicted molar refractivity (Wildman–Crippen MR) is 71.8 cm³/mol. The Morgan fingerprint density at radius 3 is 2.53 bits per heavy atom. The molecule has 1 atom stereocenters. The number of pyridine rings is 1. The van der Waals surface area contributed by atoms with Gasteiger partial charge in [0.05, 0.1) is 0 Å². The first kappa shape index (κ1) is 14.9. The smallest absolute Gasteiger partial charge is 0.328 e. The molecule has 4 N–H and O–H groups in total. The number of carboxylic acids is 1. The molecule has 7 heteroatoms. The lowest BCUT2D eigenvalue weighted by molar-refractivity contribution is -0.137. The zero-order chi connectivity index (χ0) is 13.3. The maximum Gasteiger partial charge on any atom is 0.328 e. The number of aromatic amines is 1. The van der Waals surface area contributed by atoms with Crippen molar-refractivity contribution in [1.82, 2.24) is 4.98 Å². The van der Waals surface area contributed by atoms with Gasteiger partial charge in [-0.25, -0.2) is 0 Å². The number of ketones is 1. The van der Waals surface area contributed by atoms with E-state index in [0.717, 1.165) is 6.07 Å². The second kappa shape index (κ2) is 5.64. The fourth-order valence-electron chi connectivity index (χ4n) is 1.69. The van der Waals surface area contributed by atoms with Crippen molar-refractivity contribution in [3.8, 4) is 0 Å².